The van der Waals surface area contributed by atoms with E-state index in [0.29, 0.717) is 0 Å². The molecule has 152 valence electrons. The molecule has 28 heavy (non-hydrogen) atoms. The Hall–Kier alpha value is -1.56. The van der Waals surface area contributed by atoms with Gasteiger partial charge in [0.1, 0.15) is 0 Å². The van der Waals surface area contributed by atoms with Crippen LogP contribution < -0.4 is 0 Å². The SMILES string of the molecule is CCCc1cccc2c1-c1c(CCC)c(CCC)c(CCC)c(CCC)c1C2. The molecule has 0 spiro atoms. The van der Waals surface area contributed by atoms with Gasteiger partial charge >= 0.3 is 0 Å². The predicted molar refractivity (Wildman–Crippen MR) is 125 cm³/mol. The first-order valence-electron chi connectivity index (χ1n) is 12.0. The second kappa shape index (κ2) is 9.77. The van der Waals surface area contributed by atoms with Crippen LogP contribution in [0.1, 0.15) is 106 Å². The Morgan fingerprint density at radius 2 is 1.11 bits per heavy atom. The van der Waals surface area contributed by atoms with Gasteiger partial charge in [0.05, 0.1) is 0 Å². The van der Waals surface area contributed by atoms with E-state index in [4.69, 9.17) is 0 Å². The van der Waals surface area contributed by atoms with Gasteiger partial charge in [-0.2, -0.15) is 0 Å². The maximum Gasteiger partial charge on any atom is -0.00104 e. The summed E-state index contributed by atoms with van der Waals surface area (Å²) in [7, 11) is 0. The number of benzene rings is 2. The minimum absolute atomic E-state index is 1.16. The number of hydrogen-bond acceptors (Lipinski definition) is 0. The molecule has 0 heteroatoms. The van der Waals surface area contributed by atoms with Crippen molar-refractivity contribution in [1.82, 2.24) is 0 Å². The summed E-state index contributed by atoms with van der Waals surface area (Å²) in [6.07, 6.45) is 13.6. The molecule has 0 aliphatic heterocycles. The van der Waals surface area contributed by atoms with Crippen LogP contribution in [0, 0.1) is 0 Å². The van der Waals surface area contributed by atoms with Crippen LogP contribution >= 0.6 is 0 Å². The second-order valence-corrected chi connectivity index (χ2v) is 8.65. The van der Waals surface area contributed by atoms with Gasteiger partial charge < -0.3 is 0 Å². The lowest BCUT2D eigenvalue weighted by atomic mass is 9.80. The van der Waals surface area contributed by atoms with E-state index < -0.39 is 0 Å². The highest BCUT2D eigenvalue weighted by molar-refractivity contribution is 5.85. The summed E-state index contributed by atoms with van der Waals surface area (Å²) >= 11 is 0. The van der Waals surface area contributed by atoms with E-state index in [1.807, 2.05) is 0 Å². The number of hydrogen-bond donors (Lipinski definition) is 0. The summed E-state index contributed by atoms with van der Waals surface area (Å²) in [5.41, 5.74) is 15.1. The van der Waals surface area contributed by atoms with Crippen LogP contribution in [-0.4, -0.2) is 0 Å². The van der Waals surface area contributed by atoms with Crippen molar-refractivity contribution in [2.45, 2.75) is 105 Å². The molecule has 0 saturated carbocycles. The van der Waals surface area contributed by atoms with Gasteiger partial charge in [0.15, 0.2) is 0 Å². The number of fused-ring (bicyclic) bond motifs is 3. The molecular weight excluding hydrogens is 336 g/mol. The van der Waals surface area contributed by atoms with Gasteiger partial charge in [-0.15, -0.1) is 0 Å². The van der Waals surface area contributed by atoms with Crippen LogP contribution in [0.4, 0.5) is 0 Å². The fraction of sp³-hybridized carbons (Fsp3) is 0.571. The molecule has 2 aromatic rings. The summed E-state index contributed by atoms with van der Waals surface area (Å²) in [5, 5.41) is 0. The van der Waals surface area contributed by atoms with Crippen LogP contribution in [0.3, 0.4) is 0 Å². The zero-order valence-corrected chi connectivity index (χ0v) is 19.0. The standard InChI is InChI=1S/C28H40/c1-6-12-20-17-11-18-21-19-26-24(15-9-4)22(13-7-2)23(14-8-3)25(16-10-5)28(26)27(20)21/h11,17-18H,6-10,12-16,19H2,1-5H3. The molecule has 1 aliphatic rings. The molecule has 0 N–H and O–H groups in total. The van der Waals surface area contributed by atoms with E-state index in [9.17, 15) is 0 Å². The van der Waals surface area contributed by atoms with Crippen molar-refractivity contribution in [3.8, 4) is 11.1 Å². The van der Waals surface area contributed by atoms with Gasteiger partial charge in [-0.05, 0) is 88.6 Å². The fourth-order valence-corrected chi connectivity index (χ4v) is 5.50. The molecule has 2 aromatic carbocycles. The molecule has 0 fully saturated rings. The van der Waals surface area contributed by atoms with Crippen LogP contribution in [0.5, 0.6) is 0 Å². The summed E-state index contributed by atoms with van der Waals surface area (Å²) in [6.45, 7) is 11.7. The van der Waals surface area contributed by atoms with E-state index in [0.717, 1.165) is 6.42 Å². The zero-order chi connectivity index (χ0) is 20.1. The van der Waals surface area contributed by atoms with Crippen LogP contribution in [0.2, 0.25) is 0 Å². The number of aryl methyl sites for hydroxylation is 1. The Balaban J connectivity index is 2.36. The first-order chi connectivity index (χ1) is 13.7. The highest BCUT2D eigenvalue weighted by atomic mass is 14.3. The quantitative estimate of drug-likeness (QED) is 0.336. The highest BCUT2D eigenvalue weighted by Gasteiger charge is 2.29. The van der Waals surface area contributed by atoms with Gasteiger partial charge in [-0.3, -0.25) is 0 Å². The van der Waals surface area contributed by atoms with Gasteiger partial charge in [0.2, 0.25) is 0 Å². The molecule has 0 nitrogen and oxygen atoms in total. The summed E-state index contributed by atoms with van der Waals surface area (Å²) in [6, 6.07) is 7.10. The Labute approximate surface area is 173 Å². The Bertz CT molecular complexity index is 810. The minimum Gasteiger partial charge on any atom is -0.0651 e. The van der Waals surface area contributed by atoms with Crippen molar-refractivity contribution in [3.05, 3.63) is 57.1 Å². The normalized spacial score (nSPS) is 12.3. The lowest BCUT2D eigenvalue weighted by molar-refractivity contribution is 0.797. The molecule has 0 radical (unpaired) electrons. The van der Waals surface area contributed by atoms with Gasteiger partial charge in [0.25, 0.3) is 0 Å². The Kier molecular flexibility index (Phi) is 7.38. The van der Waals surface area contributed by atoms with Crippen molar-refractivity contribution in [1.29, 1.82) is 0 Å². The molecule has 0 bridgehead atoms. The largest absolute Gasteiger partial charge is 0.0651 e. The maximum atomic E-state index is 2.40. The van der Waals surface area contributed by atoms with E-state index in [1.165, 1.54) is 64.2 Å². The average Bonchev–Trinajstić information content (AvgIpc) is 3.08. The molecule has 0 aromatic heterocycles. The van der Waals surface area contributed by atoms with Gasteiger partial charge in [-0.1, -0.05) is 84.9 Å². The molecule has 0 atom stereocenters. The van der Waals surface area contributed by atoms with Crippen molar-refractivity contribution in [2.75, 3.05) is 0 Å². The van der Waals surface area contributed by atoms with E-state index in [1.54, 1.807) is 50.1 Å². The van der Waals surface area contributed by atoms with Crippen molar-refractivity contribution in [3.63, 3.8) is 0 Å². The maximum absolute atomic E-state index is 2.40. The van der Waals surface area contributed by atoms with Gasteiger partial charge in [-0.25, -0.2) is 0 Å². The van der Waals surface area contributed by atoms with E-state index in [2.05, 4.69) is 52.8 Å². The zero-order valence-electron chi connectivity index (χ0n) is 19.0. The summed E-state index contributed by atoms with van der Waals surface area (Å²) < 4.78 is 0. The highest BCUT2D eigenvalue weighted by Crippen LogP contribution is 2.47. The predicted octanol–water partition coefficient (Wildman–Crippen LogP) is 8.02. The molecule has 0 heterocycles. The van der Waals surface area contributed by atoms with E-state index >= 15 is 0 Å². The van der Waals surface area contributed by atoms with Crippen LogP contribution in [0.15, 0.2) is 18.2 Å². The third-order valence-corrected chi connectivity index (χ3v) is 6.43. The lowest BCUT2D eigenvalue weighted by Crippen LogP contribution is -2.10. The molecule has 0 amide bonds. The van der Waals surface area contributed by atoms with Crippen LogP contribution in [0.25, 0.3) is 11.1 Å². The smallest absolute Gasteiger partial charge is 0.00104 e. The summed E-state index contributed by atoms with van der Waals surface area (Å²) in [4.78, 5) is 0. The Morgan fingerprint density at radius 3 is 1.71 bits per heavy atom. The lowest BCUT2D eigenvalue weighted by Gasteiger charge is -2.25. The second-order valence-electron chi connectivity index (χ2n) is 8.65. The van der Waals surface area contributed by atoms with Gasteiger partial charge in [0, 0.05) is 0 Å². The fourth-order valence-electron chi connectivity index (χ4n) is 5.50. The average molecular weight is 377 g/mol. The van der Waals surface area contributed by atoms with Crippen molar-refractivity contribution < 1.29 is 0 Å². The van der Waals surface area contributed by atoms with Crippen LogP contribution in [-0.2, 0) is 38.5 Å². The molecule has 0 unspecified atom stereocenters. The molecule has 3 rings (SSSR count). The Morgan fingerprint density at radius 1 is 0.571 bits per heavy atom. The minimum atomic E-state index is 1.16. The monoisotopic (exact) mass is 376 g/mol. The van der Waals surface area contributed by atoms with Crippen molar-refractivity contribution in [2.24, 2.45) is 0 Å². The molecular formula is C28H40. The third-order valence-electron chi connectivity index (χ3n) is 6.43. The van der Waals surface area contributed by atoms with Crippen molar-refractivity contribution >= 4 is 0 Å². The first-order valence-corrected chi connectivity index (χ1v) is 12.0. The first kappa shape index (κ1) is 21.2. The summed E-state index contributed by atoms with van der Waals surface area (Å²) in [5.74, 6) is 0. The third kappa shape index (κ3) is 3.80. The molecule has 1 aliphatic carbocycles. The molecule has 0 saturated heterocycles. The number of rotatable bonds is 10. The topological polar surface area (TPSA) is 0 Å². The van der Waals surface area contributed by atoms with E-state index in [-0.39, 0.29) is 0 Å².